The molecular formula is C26H34O6. The summed E-state index contributed by atoms with van der Waals surface area (Å²) in [5.74, 6) is -2.09. The zero-order valence-corrected chi connectivity index (χ0v) is 20.1. The van der Waals surface area contributed by atoms with Crippen molar-refractivity contribution in [1.29, 1.82) is 0 Å². The number of rotatable bonds is 2. The molecule has 6 heteroatoms. The summed E-state index contributed by atoms with van der Waals surface area (Å²) in [6.07, 6.45) is 4.39. The Labute approximate surface area is 189 Å². The SMILES string of the molecule is CC(=O)O[C@@H]1C[C@@]2(C)[C@@H]3CC=C4[C@H](C=C(O)C(=O)C4(C)C)[C@]3(C)C(=O)C[C@]2(C)[C@H]1C(C)=O. The van der Waals surface area contributed by atoms with E-state index in [0.717, 1.165) is 5.57 Å². The molecule has 0 aromatic heterocycles. The van der Waals surface area contributed by atoms with Gasteiger partial charge in [0, 0.05) is 24.7 Å². The zero-order chi connectivity index (χ0) is 24.0. The van der Waals surface area contributed by atoms with Crippen LogP contribution in [0.1, 0.15) is 67.7 Å². The summed E-state index contributed by atoms with van der Waals surface area (Å²) in [5, 5.41) is 10.5. The number of esters is 1. The highest BCUT2D eigenvalue weighted by molar-refractivity contribution is 6.02. The van der Waals surface area contributed by atoms with Gasteiger partial charge in [0.15, 0.2) is 5.76 Å². The van der Waals surface area contributed by atoms with Crippen molar-refractivity contribution < 1.29 is 29.0 Å². The number of carbonyl (C=O) groups excluding carboxylic acids is 4. The van der Waals surface area contributed by atoms with Crippen molar-refractivity contribution in [2.24, 2.45) is 39.4 Å². The molecular weight excluding hydrogens is 408 g/mol. The average Bonchev–Trinajstić information content (AvgIpc) is 2.87. The molecule has 0 aromatic rings. The van der Waals surface area contributed by atoms with Crippen molar-refractivity contribution in [3.8, 4) is 0 Å². The first-order chi connectivity index (χ1) is 14.6. The minimum Gasteiger partial charge on any atom is -0.505 e. The third-order valence-electron chi connectivity index (χ3n) is 9.77. The fourth-order valence-corrected chi connectivity index (χ4v) is 7.98. The van der Waals surface area contributed by atoms with Gasteiger partial charge in [0.2, 0.25) is 5.78 Å². The molecule has 0 aliphatic heterocycles. The minimum atomic E-state index is -0.878. The van der Waals surface area contributed by atoms with Gasteiger partial charge in [0.25, 0.3) is 0 Å². The van der Waals surface area contributed by atoms with Crippen molar-refractivity contribution in [2.45, 2.75) is 73.8 Å². The molecule has 0 heterocycles. The van der Waals surface area contributed by atoms with Gasteiger partial charge in [0.1, 0.15) is 17.7 Å². The van der Waals surface area contributed by atoms with E-state index in [9.17, 15) is 24.3 Å². The molecule has 0 aromatic carbocycles. The Hall–Kier alpha value is -2.24. The smallest absolute Gasteiger partial charge is 0.302 e. The Balaban J connectivity index is 1.89. The second-order valence-electron chi connectivity index (χ2n) is 11.6. The summed E-state index contributed by atoms with van der Waals surface area (Å²) in [7, 11) is 0. The van der Waals surface area contributed by atoms with Gasteiger partial charge < -0.3 is 9.84 Å². The number of Topliss-reactive ketones (excluding diaryl/α,β-unsaturated/α-hetero) is 3. The van der Waals surface area contributed by atoms with Gasteiger partial charge in [-0.25, -0.2) is 0 Å². The molecule has 0 bridgehead atoms. The maximum atomic E-state index is 13.9. The van der Waals surface area contributed by atoms with Crippen LogP contribution in [0.4, 0.5) is 0 Å². The van der Waals surface area contributed by atoms with Gasteiger partial charge in [0.05, 0.1) is 11.3 Å². The van der Waals surface area contributed by atoms with Gasteiger partial charge in [-0.1, -0.05) is 32.4 Å². The van der Waals surface area contributed by atoms with Crippen LogP contribution in [0.2, 0.25) is 0 Å². The topological polar surface area (TPSA) is 97.7 Å². The van der Waals surface area contributed by atoms with Crippen LogP contribution in [0.3, 0.4) is 0 Å². The maximum absolute atomic E-state index is 13.9. The Morgan fingerprint density at radius 2 is 1.69 bits per heavy atom. The minimum absolute atomic E-state index is 0.0435. The summed E-state index contributed by atoms with van der Waals surface area (Å²) in [5.41, 5.74) is -1.90. The Bertz CT molecular complexity index is 1000. The predicted molar refractivity (Wildman–Crippen MR) is 117 cm³/mol. The third-order valence-corrected chi connectivity index (χ3v) is 9.77. The van der Waals surface area contributed by atoms with E-state index in [1.165, 1.54) is 13.8 Å². The number of aliphatic hydroxyl groups excluding tert-OH is 1. The van der Waals surface area contributed by atoms with Gasteiger partial charge >= 0.3 is 5.97 Å². The summed E-state index contributed by atoms with van der Waals surface area (Å²) >= 11 is 0. The molecule has 4 rings (SSSR count). The number of fused-ring (bicyclic) bond motifs is 5. The molecule has 0 unspecified atom stereocenters. The van der Waals surface area contributed by atoms with E-state index in [1.54, 1.807) is 19.9 Å². The molecule has 4 aliphatic rings. The van der Waals surface area contributed by atoms with E-state index in [1.807, 2.05) is 13.8 Å². The van der Waals surface area contributed by atoms with Crippen molar-refractivity contribution in [1.82, 2.24) is 0 Å². The van der Waals surface area contributed by atoms with Crippen molar-refractivity contribution in [3.05, 3.63) is 23.5 Å². The molecule has 2 saturated carbocycles. The number of ketones is 3. The van der Waals surface area contributed by atoms with Crippen LogP contribution < -0.4 is 0 Å². The van der Waals surface area contributed by atoms with Crippen LogP contribution >= 0.6 is 0 Å². The van der Waals surface area contributed by atoms with Crippen LogP contribution in [-0.4, -0.2) is 34.5 Å². The molecule has 0 saturated heterocycles. The van der Waals surface area contributed by atoms with Gasteiger partial charge in [-0.2, -0.15) is 0 Å². The number of hydrogen-bond acceptors (Lipinski definition) is 6. The van der Waals surface area contributed by atoms with Crippen LogP contribution in [-0.2, 0) is 23.9 Å². The van der Waals surface area contributed by atoms with Crippen molar-refractivity contribution in [2.75, 3.05) is 0 Å². The number of ether oxygens (including phenoxy) is 1. The molecule has 0 amide bonds. The van der Waals surface area contributed by atoms with E-state index >= 15 is 0 Å². The fraction of sp³-hybridized carbons (Fsp3) is 0.692. The lowest BCUT2D eigenvalue weighted by atomic mass is 9.39. The van der Waals surface area contributed by atoms with Crippen molar-refractivity contribution >= 4 is 23.3 Å². The molecule has 6 nitrogen and oxygen atoms in total. The molecule has 7 atom stereocenters. The summed E-state index contributed by atoms with van der Waals surface area (Å²) in [4.78, 5) is 51.3. The number of allylic oxidation sites excluding steroid dienone is 4. The first-order valence-corrected chi connectivity index (χ1v) is 11.5. The Kier molecular flexibility index (Phi) is 4.76. The lowest BCUT2D eigenvalue weighted by Crippen LogP contribution is -2.62. The second-order valence-corrected chi connectivity index (χ2v) is 11.6. The van der Waals surface area contributed by atoms with E-state index < -0.39 is 39.7 Å². The van der Waals surface area contributed by atoms with Crippen molar-refractivity contribution in [3.63, 3.8) is 0 Å². The first-order valence-electron chi connectivity index (χ1n) is 11.5. The molecule has 0 spiro atoms. The average molecular weight is 443 g/mol. The number of hydrogen-bond donors (Lipinski definition) is 1. The molecule has 4 aliphatic carbocycles. The Morgan fingerprint density at radius 1 is 1.06 bits per heavy atom. The number of carbonyl (C=O) groups is 4. The largest absolute Gasteiger partial charge is 0.505 e. The van der Waals surface area contributed by atoms with Gasteiger partial charge in [-0.15, -0.1) is 0 Å². The molecule has 0 radical (unpaired) electrons. The summed E-state index contributed by atoms with van der Waals surface area (Å²) in [6.45, 7) is 12.6. The normalized spacial score (nSPS) is 44.6. The highest BCUT2D eigenvalue weighted by Gasteiger charge is 2.73. The van der Waals surface area contributed by atoms with E-state index in [4.69, 9.17) is 4.74 Å². The second kappa shape index (κ2) is 6.64. The third kappa shape index (κ3) is 2.58. The van der Waals surface area contributed by atoms with Gasteiger partial charge in [-0.3, -0.25) is 19.2 Å². The highest BCUT2D eigenvalue weighted by Crippen LogP contribution is 2.73. The van der Waals surface area contributed by atoms with Crippen LogP contribution in [0.5, 0.6) is 0 Å². The monoisotopic (exact) mass is 442 g/mol. The molecule has 174 valence electrons. The first kappa shape index (κ1) is 22.9. The zero-order valence-electron chi connectivity index (χ0n) is 20.1. The quantitative estimate of drug-likeness (QED) is 0.510. The van der Waals surface area contributed by atoms with Crippen LogP contribution in [0.15, 0.2) is 23.5 Å². The maximum Gasteiger partial charge on any atom is 0.302 e. The fourth-order valence-electron chi connectivity index (χ4n) is 7.98. The van der Waals surface area contributed by atoms with Gasteiger partial charge in [-0.05, 0) is 56.4 Å². The molecule has 2 fully saturated rings. The standard InChI is InChI=1S/C26H34O6/c1-13(27)21-18(32-14(2)28)11-24(5)19-9-8-15-16(10-17(29)22(31)23(15,3)4)26(19,7)20(30)12-25(21,24)6/h8,10,16,18-19,21,29H,9,11-12H2,1-7H3/t16-,18+,19-,21-,24-,25+,26-/m0/s1. The lowest BCUT2D eigenvalue weighted by molar-refractivity contribution is -0.167. The van der Waals surface area contributed by atoms with E-state index in [-0.39, 0.29) is 41.4 Å². The van der Waals surface area contributed by atoms with Crippen LogP contribution in [0, 0.1) is 39.4 Å². The molecule has 1 N–H and O–H groups in total. The Morgan fingerprint density at radius 3 is 2.25 bits per heavy atom. The van der Waals surface area contributed by atoms with Crippen LogP contribution in [0.25, 0.3) is 0 Å². The van der Waals surface area contributed by atoms with E-state index in [0.29, 0.717) is 12.8 Å². The summed E-state index contributed by atoms with van der Waals surface area (Å²) in [6, 6.07) is 0. The van der Waals surface area contributed by atoms with E-state index in [2.05, 4.69) is 13.0 Å². The predicted octanol–water partition coefficient (Wildman–Crippen LogP) is 4.13. The molecule has 32 heavy (non-hydrogen) atoms. The lowest BCUT2D eigenvalue weighted by Gasteiger charge is -2.62. The summed E-state index contributed by atoms with van der Waals surface area (Å²) < 4.78 is 5.64. The highest BCUT2D eigenvalue weighted by atomic mass is 16.5. The number of aliphatic hydroxyl groups is 1.